The summed E-state index contributed by atoms with van der Waals surface area (Å²) in [7, 11) is 2.19. The maximum Gasteiger partial charge on any atom is 0.323 e. The minimum atomic E-state index is -0.194. The molecule has 1 amide bonds. The minimum absolute atomic E-state index is 0.0690. The predicted molar refractivity (Wildman–Crippen MR) is 125 cm³/mol. The minimum Gasteiger partial charge on any atom is -0.372 e. The van der Waals surface area contributed by atoms with Gasteiger partial charge in [-0.15, -0.1) is 0 Å². The molecule has 3 aromatic rings. The summed E-state index contributed by atoms with van der Waals surface area (Å²) in [6, 6.07) is 15.1. The summed E-state index contributed by atoms with van der Waals surface area (Å²) in [5.41, 5.74) is 4.92. The standard InChI is InChI=1S/C25H32N4O2/c1-29(20-7-3-2-4-8-20)21-13-10-19(11-14-21)17-26-24(30)9-5-6-18-12-15-22-23(16-18)28-25(31)27-22/h10-16,20H,2-9,17H2,1H3,(H,26,30)(H2,27,28,31). The molecule has 0 aliphatic heterocycles. The molecular weight excluding hydrogens is 388 g/mol. The van der Waals surface area contributed by atoms with Crippen LogP contribution in [0.15, 0.2) is 47.3 Å². The highest BCUT2D eigenvalue weighted by molar-refractivity contribution is 5.76. The topological polar surface area (TPSA) is 81.0 Å². The van der Waals surface area contributed by atoms with Gasteiger partial charge in [-0.1, -0.05) is 37.5 Å². The lowest BCUT2D eigenvalue weighted by Crippen LogP contribution is -2.33. The van der Waals surface area contributed by atoms with Crippen molar-refractivity contribution < 1.29 is 4.79 Å². The zero-order chi connectivity index (χ0) is 21.6. The number of anilines is 1. The largest absolute Gasteiger partial charge is 0.372 e. The first-order valence-corrected chi connectivity index (χ1v) is 11.4. The van der Waals surface area contributed by atoms with E-state index in [2.05, 4.69) is 51.5 Å². The van der Waals surface area contributed by atoms with Crippen LogP contribution >= 0.6 is 0 Å². The average Bonchev–Trinajstić information content (AvgIpc) is 3.17. The Kier molecular flexibility index (Phi) is 6.75. The monoisotopic (exact) mass is 420 g/mol. The molecule has 0 radical (unpaired) electrons. The zero-order valence-electron chi connectivity index (χ0n) is 18.2. The number of hydrogen-bond donors (Lipinski definition) is 3. The lowest BCUT2D eigenvalue weighted by Gasteiger charge is -2.33. The number of benzene rings is 2. The lowest BCUT2D eigenvalue weighted by atomic mass is 9.94. The molecule has 2 aromatic carbocycles. The van der Waals surface area contributed by atoms with Gasteiger partial charge in [-0.3, -0.25) is 4.79 Å². The average molecular weight is 421 g/mol. The van der Waals surface area contributed by atoms with Gasteiger partial charge < -0.3 is 20.2 Å². The van der Waals surface area contributed by atoms with Crippen LogP contribution in [0, 0.1) is 0 Å². The van der Waals surface area contributed by atoms with E-state index in [9.17, 15) is 9.59 Å². The zero-order valence-corrected chi connectivity index (χ0v) is 18.2. The first kappa shape index (κ1) is 21.2. The van der Waals surface area contributed by atoms with Crippen molar-refractivity contribution in [1.29, 1.82) is 0 Å². The van der Waals surface area contributed by atoms with E-state index in [1.165, 1.54) is 37.8 Å². The second kappa shape index (κ2) is 9.86. The van der Waals surface area contributed by atoms with Crippen LogP contribution in [0.4, 0.5) is 5.69 Å². The van der Waals surface area contributed by atoms with Crippen molar-refractivity contribution in [3.8, 4) is 0 Å². The van der Waals surface area contributed by atoms with E-state index < -0.39 is 0 Å². The number of nitrogens with zero attached hydrogens (tertiary/aromatic N) is 1. The molecule has 1 aromatic heterocycles. The van der Waals surface area contributed by atoms with Crippen molar-refractivity contribution in [3.05, 3.63) is 64.1 Å². The Hall–Kier alpha value is -3.02. The molecule has 3 N–H and O–H groups in total. The molecule has 0 unspecified atom stereocenters. The molecule has 0 saturated heterocycles. The molecule has 1 heterocycles. The molecular formula is C25H32N4O2. The van der Waals surface area contributed by atoms with Crippen LogP contribution in [0.1, 0.15) is 56.1 Å². The molecule has 1 fully saturated rings. The molecule has 1 aliphatic carbocycles. The van der Waals surface area contributed by atoms with Crippen LogP contribution in [-0.2, 0) is 17.8 Å². The van der Waals surface area contributed by atoms with Crippen molar-refractivity contribution in [1.82, 2.24) is 15.3 Å². The molecule has 164 valence electrons. The number of carbonyl (C=O) groups is 1. The Balaban J connectivity index is 1.20. The summed E-state index contributed by atoms with van der Waals surface area (Å²) in [4.78, 5) is 31.5. The summed E-state index contributed by atoms with van der Waals surface area (Å²) < 4.78 is 0. The van der Waals surface area contributed by atoms with Crippen molar-refractivity contribution in [2.75, 3.05) is 11.9 Å². The highest BCUT2D eigenvalue weighted by Gasteiger charge is 2.18. The second-order valence-electron chi connectivity index (χ2n) is 8.66. The molecule has 31 heavy (non-hydrogen) atoms. The number of hydrogen-bond acceptors (Lipinski definition) is 3. The maximum absolute atomic E-state index is 12.2. The van der Waals surface area contributed by atoms with Gasteiger partial charge in [-0.05, 0) is 61.1 Å². The quantitative estimate of drug-likeness (QED) is 0.509. The number of fused-ring (bicyclic) bond motifs is 1. The number of aromatic amines is 2. The molecule has 0 atom stereocenters. The van der Waals surface area contributed by atoms with Crippen LogP contribution in [0.5, 0.6) is 0 Å². The molecule has 4 rings (SSSR count). The van der Waals surface area contributed by atoms with Gasteiger partial charge >= 0.3 is 5.69 Å². The fourth-order valence-electron chi connectivity index (χ4n) is 4.51. The number of carbonyl (C=O) groups excluding carboxylic acids is 1. The van der Waals surface area contributed by atoms with Crippen molar-refractivity contribution in [3.63, 3.8) is 0 Å². The Bertz CT molecular complexity index is 1060. The Labute approximate surface area is 183 Å². The number of aromatic nitrogens is 2. The first-order chi connectivity index (χ1) is 15.1. The predicted octanol–water partition coefficient (Wildman–Crippen LogP) is 4.26. The Morgan fingerprint density at radius 1 is 1.00 bits per heavy atom. The number of imidazole rings is 1. The summed E-state index contributed by atoms with van der Waals surface area (Å²) in [6.07, 6.45) is 8.67. The van der Waals surface area contributed by atoms with Gasteiger partial charge in [-0.2, -0.15) is 0 Å². The van der Waals surface area contributed by atoms with Gasteiger partial charge in [0.2, 0.25) is 5.91 Å². The highest BCUT2D eigenvalue weighted by Crippen LogP contribution is 2.26. The molecule has 6 nitrogen and oxygen atoms in total. The van der Waals surface area contributed by atoms with Gasteiger partial charge in [0.05, 0.1) is 11.0 Å². The van der Waals surface area contributed by atoms with Crippen molar-refractivity contribution >= 4 is 22.6 Å². The smallest absolute Gasteiger partial charge is 0.323 e. The first-order valence-electron chi connectivity index (χ1n) is 11.4. The third kappa shape index (κ3) is 5.57. The fourth-order valence-corrected chi connectivity index (χ4v) is 4.51. The highest BCUT2D eigenvalue weighted by atomic mass is 16.1. The number of H-pyrrole nitrogens is 2. The number of aryl methyl sites for hydroxylation is 1. The van der Waals surface area contributed by atoms with E-state index in [-0.39, 0.29) is 11.6 Å². The summed E-state index contributed by atoms with van der Waals surface area (Å²) in [5, 5.41) is 3.03. The van der Waals surface area contributed by atoms with Gasteiger partial charge in [-0.25, -0.2) is 4.79 Å². The molecule has 0 bridgehead atoms. The van der Waals surface area contributed by atoms with Gasteiger partial charge in [0.1, 0.15) is 0 Å². The van der Waals surface area contributed by atoms with E-state index in [4.69, 9.17) is 0 Å². The van der Waals surface area contributed by atoms with Crippen LogP contribution in [0.25, 0.3) is 11.0 Å². The summed E-state index contributed by atoms with van der Waals surface area (Å²) >= 11 is 0. The van der Waals surface area contributed by atoms with Crippen molar-refractivity contribution in [2.45, 2.75) is 64.0 Å². The third-order valence-electron chi connectivity index (χ3n) is 6.41. The van der Waals surface area contributed by atoms with Crippen LogP contribution in [-0.4, -0.2) is 29.0 Å². The van der Waals surface area contributed by atoms with Gasteiger partial charge in [0.25, 0.3) is 0 Å². The number of rotatable bonds is 8. The van der Waals surface area contributed by atoms with Gasteiger partial charge in [0.15, 0.2) is 0 Å². The van der Waals surface area contributed by atoms with Crippen LogP contribution in [0.3, 0.4) is 0 Å². The van der Waals surface area contributed by atoms with E-state index in [1.54, 1.807) is 0 Å². The number of amides is 1. The van der Waals surface area contributed by atoms with E-state index in [0.29, 0.717) is 19.0 Å². The Morgan fingerprint density at radius 2 is 1.71 bits per heavy atom. The fraction of sp³-hybridized carbons (Fsp3) is 0.440. The SMILES string of the molecule is CN(c1ccc(CNC(=O)CCCc2ccc3[nH]c(=O)[nH]c3c2)cc1)C1CCCCC1. The molecule has 6 heteroatoms. The lowest BCUT2D eigenvalue weighted by molar-refractivity contribution is -0.121. The van der Waals surface area contributed by atoms with E-state index in [1.807, 2.05) is 18.2 Å². The Morgan fingerprint density at radius 3 is 2.48 bits per heavy atom. The normalized spacial score (nSPS) is 14.6. The number of nitrogens with one attached hydrogen (secondary N) is 3. The molecule has 0 spiro atoms. The van der Waals surface area contributed by atoms with Crippen LogP contribution in [0.2, 0.25) is 0 Å². The van der Waals surface area contributed by atoms with Gasteiger partial charge in [0, 0.05) is 31.7 Å². The second-order valence-corrected chi connectivity index (χ2v) is 8.66. The summed E-state index contributed by atoms with van der Waals surface area (Å²) in [5.74, 6) is 0.0690. The third-order valence-corrected chi connectivity index (χ3v) is 6.41. The molecule has 1 saturated carbocycles. The van der Waals surface area contributed by atoms with E-state index >= 15 is 0 Å². The maximum atomic E-state index is 12.2. The summed E-state index contributed by atoms with van der Waals surface area (Å²) in [6.45, 7) is 0.558. The van der Waals surface area contributed by atoms with Crippen molar-refractivity contribution in [2.24, 2.45) is 0 Å². The molecule has 1 aliphatic rings. The van der Waals surface area contributed by atoms with Crippen LogP contribution < -0.4 is 15.9 Å². The van der Waals surface area contributed by atoms with E-state index in [0.717, 1.165) is 35.0 Å².